The average Bonchev–Trinajstić information content (AvgIpc) is 2.44. The van der Waals surface area contributed by atoms with Crippen LogP contribution in [-0.2, 0) is 10.3 Å². The maximum Gasteiger partial charge on any atom is 0.247 e. The van der Waals surface area contributed by atoms with Gasteiger partial charge in [0.1, 0.15) is 5.54 Å². The minimum Gasteiger partial charge on any atom is -0.368 e. The second-order valence-electron chi connectivity index (χ2n) is 5.13. The van der Waals surface area contributed by atoms with Gasteiger partial charge in [-0.1, -0.05) is 42.8 Å². The van der Waals surface area contributed by atoms with E-state index in [0.717, 1.165) is 16.8 Å². The van der Waals surface area contributed by atoms with Crippen molar-refractivity contribution in [2.24, 2.45) is 5.73 Å². The lowest BCUT2D eigenvalue weighted by Gasteiger charge is -2.32. The Balaban J connectivity index is 2.49. The lowest BCUT2D eigenvalue weighted by atomic mass is 9.86. The van der Waals surface area contributed by atoms with E-state index >= 15 is 0 Å². The fourth-order valence-corrected chi connectivity index (χ4v) is 2.66. The molecule has 0 aliphatic heterocycles. The zero-order chi connectivity index (χ0) is 15.5. The van der Waals surface area contributed by atoms with E-state index in [9.17, 15) is 4.79 Å². The fraction of sp³-hybridized carbons (Fsp3) is 0.235. The topological polar surface area (TPSA) is 55.1 Å². The first-order valence-electron chi connectivity index (χ1n) is 6.89. The molecule has 2 aromatic carbocycles. The van der Waals surface area contributed by atoms with Gasteiger partial charge in [0.15, 0.2) is 0 Å². The Morgan fingerprint density at radius 3 is 2.52 bits per heavy atom. The molecule has 0 fully saturated rings. The van der Waals surface area contributed by atoms with Crippen molar-refractivity contribution >= 4 is 23.2 Å². The van der Waals surface area contributed by atoms with E-state index in [1.54, 1.807) is 12.1 Å². The number of hydrogen-bond acceptors (Lipinski definition) is 2. The molecule has 0 heterocycles. The highest BCUT2D eigenvalue weighted by molar-refractivity contribution is 6.30. The normalized spacial score (nSPS) is 13.5. The molecular formula is C17H19ClN2O. The SMILES string of the molecule is CCC(Nc1cccc(C)c1)(C(N)=O)c1cccc(Cl)c1. The predicted octanol–water partition coefficient (Wildman–Crippen LogP) is 3.85. The van der Waals surface area contributed by atoms with Crippen LogP contribution in [0.25, 0.3) is 0 Å². The molecule has 2 aromatic rings. The van der Waals surface area contributed by atoms with Crippen LogP contribution in [0.2, 0.25) is 5.02 Å². The molecule has 2 rings (SSSR count). The number of halogens is 1. The monoisotopic (exact) mass is 302 g/mol. The number of carbonyl (C=O) groups is 1. The molecule has 0 bridgehead atoms. The highest BCUT2D eigenvalue weighted by atomic mass is 35.5. The molecule has 1 amide bonds. The fourth-order valence-electron chi connectivity index (χ4n) is 2.47. The molecule has 0 saturated carbocycles. The molecule has 110 valence electrons. The van der Waals surface area contributed by atoms with Crippen molar-refractivity contribution in [2.45, 2.75) is 25.8 Å². The Morgan fingerprint density at radius 2 is 1.95 bits per heavy atom. The Kier molecular flexibility index (Phi) is 4.53. The Morgan fingerprint density at radius 1 is 1.24 bits per heavy atom. The lowest BCUT2D eigenvalue weighted by Crippen LogP contribution is -2.47. The van der Waals surface area contributed by atoms with Crippen LogP contribution in [0.4, 0.5) is 5.69 Å². The number of nitrogens with one attached hydrogen (secondary N) is 1. The average molecular weight is 303 g/mol. The molecule has 3 N–H and O–H groups in total. The summed E-state index contributed by atoms with van der Waals surface area (Å²) >= 11 is 6.06. The third kappa shape index (κ3) is 3.19. The number of primary amides is 1. The highest BCUT2D eigenvalue weighted by Crippen LogP contribution is 2.31. The van der Waals surface area contributed by atoms with E-state index in [2.05, 4.69) is 5.32 Å². The molecule has 0 aromatic heterocycles. The molecule has 4 heteroatoms. The number of carbonyl (C=O) groups excluding carboxylic acids is 1. The van der Waals surface area contributed by atoms with Crippen LogP contribution in [0.5, 0.6) is 0 Å². The van der Waals surface area contributed by atoms with Crippen LogP contribution < -0.4 is 11.1 Å². The smallest absolute Gasteiger partial charge is 0.247 e. The van der Waals surface area contributed by atoms with Crippen LogP contribution in [0.3, 0.4) is 0 Å². The van der Waals surface area contributed by atoms with Crippen LogP contribution >= 0.6 is 11.6 Å². The molecule has 1 unspecified atom stereocenters. The van der Waals surface area contributed by atoms with Crippen molar-refractivity contribution in [1.29, 1.82) is 0 Å². The third-order valence-electron chi connectivity index (χ3n) is 3.64. The van der Waals surface area contributed by atoms with Crippen molar-refractivity contribution in [2.75, 3.05) is 5.32 Å². The Bertz CT molecular complexity index is 657. The number of hydrogen-bond donors (Lipinski definition) is 2. The molecule has 0 radical (unpaired) electrons. The minimum absolute atomic E-state index is 0.422. The third-order valence-corrected chi connectivity index (χ3v) is 3.88. The lowest BCUT2D eigenvalue weighted by molar-refractivity contribution is -0.122. The van der Waals surface area contributed by atoms with E-state index in [1.807, 2.05) is 50.2 Å². The van der Waals surface area contributed by atoms with E-state index in [-0.39, 0.29) is 0 Å². The first-order chi connectivity index (χ1) is 9.98. The molecule has 0 aliphatic carbocycles. The van der Waals surface area contributed by atoms with Crippen molar-refractivity contribution in [3.8, 4) is 0 Å². The Hall–Kier alpha value is -2.00. The predicted molar refractivity (Wildman–Crippen MR) is 87.4 cm³/mol. The summed E-state index contributed by atoms with van der Waals surface area (Å²) < 4.78 is 0. The van der Waals surface area contributed by atoms with E-state index < -0.39 is 11.4 Å². The summed E-state index contributed by atoms with van der Waals surface area (Å²) in [5.74, 6) is -0.422. The largest absolute Gasteiger partial charge is 0.368 e. The van der Waals surface area contributed by atoms with Gasteiger partial charge in [0.05, 0.1) is 0 Å². The molecule has 21 heavy (non-hydrogen) atoms. The van der Waals surface area contributed by atoms with Gasteiger partial charge in [-0.3, -0.25) is 4.79 Å². The van der Waals surface area contributed by atoms with Gasteiger partial charge in [-0.2, -0.15) is 0 Å². The van der Waals surface area contributed by atoms with Gasteiger partial charge in [-0.25, -0.2) is 0 Å². The molecule has 0 saturated heterocycles. The number of aryl methyl sites for hydroxylation is 1. The van der Waals surface area contributed by atoms with E-state index in [0.29, 0.717) is 11.4 Å². The van der Waals surface area contributed by atoms with Gasteiger partial charge in [0.2, 0.25) is 5.91 Å². The van der Waals surface area contributed by atoms with Crippen LogP contribution in [0, 0.1) is 6.92 Å². The van der Waals surface area contributed by atoms with Gasteiger partial charge < -0.3 is 11.1 Å². The maximum absolute atomic E-state index is 12.2. The summed E-state index contributed by atoms with van der Waals surface area (Å²) in [5.41, 5.74) is 7.47. The number of benzene rings is 2. The summed E-state index contributed by atoms with van der Waals surface area (Å²) in [5, 5.41) is 3.87. The molecule has 0 aliphatic rings. The van der Waals surface area contributed by atoms with Crippen LogP contribution in [-0.4, -0.2) is 5.91 Å². The van der Waals surface area contributed by atoms with Crippen LogP contribution in [0.15, 0.2) is 48.5 Å². The molecular weight excluding hydrogens is 284 g/mol. The number of anilines is 1. The summed E-state index contributed by atoms with van der Waals surface area (Å²) in [6, 6.07) is 15.1. The zero-order valence-electron chi connectivity index (χ0n) is 12.2. The van der Waals surface area contributed by atoms with Gasteiger partial charge in [-0.15, -0.1) is 0 Å². The molecule has 3 nitrogen and oxygen atoms in total. The van der Waals surface area contributed by atoms with E-state index in [4.69, 9.17) is 17.3 Å². The highest BCUT2D eigenvalue weighted by Gasteiger charge is 2.36. The van der Waals surface area contributed by atoms with Gasteiger partial charge in [0, 0.05) is 10.7 Å². The van der Waals surface area contributed by atoms with Gasteiger partial charge in [0.25, 0.3) is 0 Å². The maximum atomic E-state index is 12.2. The van der Waals surface area contributed by atoms with Gasteiger partial charge >= 0.3 is 0 Å². The Labute approximate surface area is 130 Å². The van der Waals surface area contributed by atoms with Crippen molar-refractivity contribution in [3.05, 3.63) is 64.7 Å². The zero-order valence-corrected chi connectivity index (χ0v) is 12.9. The van der Waals surface area contributed by atoms with Crippen molar-refractivity contribution < 1.29 is 4.79 Å². The quantitative estimate of drug-likeness (QED) is 0.881. The van der Waals surface area contributed by atoms with Crippen molar-refractivity contribution in [3.63, 3.8) is 0 Å². The number of rotatable bonds is 5. The standard InChI is InChI=1S/C17H19ClN2O/c1-3-17(16(19)21,13-7-5-8-14(18)11-13)20-15-9-4-6-12(2)10-15/h4-11,20H,3H2,1-2H3,(H2,19,21). The van der Waals surface area contributed by atoms with Crippen LogP contribution in [0.1, 0.15) is 24.5 Å². The second kappa shape index (κ2) is 6.19. The first kappa shape index (κ1) is 15.4. The second-order valence-corrected chi connectivity index (χ2v) is 5.56. The summed E-state index contributed by atoms with van der Waals surface area (Å²) in [7, 11) is 0. The summed E-state index contributed by atoms with van der Waals surface area (Å²) in [6.45, 7) is 3.93. The summed E-state index contributed by atoms with van der Waals surface area (Å²) in [4.78, 5) is 12.2. The first-order valence-corrected chi connectivity index (χ1v) is 7.26. The minimum atomic E-state index is -0.974. The number of amides is 1. The molecule has 1 atom stereocenters. The molecule has 0 spiro atoms. The summed E-state index contributed by atoms with van der Waals surface area (Å²) in [6.07, 6.45) is 0.524. The number of nitrogens with two attached hydrogens (primary N) is 1. The van der Waals surface area contributed by atoms with E-state index in [1.165, 1.54) is 0 Å². The van der Waals surface area contributed by atoms with Gasteiger partial charge in [-0.05, 0) is 48.7 Å². The van der Waals surface area contributed by atoms with Crippen molar-refractivity contribution in [1.82, 2.24) is 0 Å².